The molecule has 0 bridgehead atoms. The molecule has 0 aliphatic carbocycles. The maximum atomic E-state index is 13.2. The van der Waals surface area contributed by atoms with Gasteiger partial charge in [0.15, 0.2) is 12.2 Å². The number of aliphatic hydroxyl groups excluding tert-OH is 1. The smallest absolute Gasteiger partial charge is 0.462 e. The van der Waals surface area contributed by atoms with Gasteiger partial charge >= 0.3 is 39.5 Å². The van der Waals surface area contributed by atoms with Crippen molar-refractivity contribution in [2.24, 2.45) is 23.7 Å². The molecule has 630 valence electrons. The van der Waals surface area contributed by atoms with Crippen LogP contribution in [0.3, 0.4) is 0 Å². The van der Waals surface area contributed by atoms with Gasteiger partial charge < -0.3 is 33.8 Å². The highest BCUT2D eigenvalue weighted by Gasteiger charge is 2.31. The van der Waals surface area contributed by atoms with Crippen LogP contribution in [0.5, 0.6) is 0 Å². The van der Waals surface area contributed by atoms with E-state index < -0.39 is 97.5 Å². The summed E-state index contributed by atoms with van der Waals surface area (Å²) in [6.45, 7) is 14.3. The van der Waals surface area contributed by atoms with Gasteiger partial charge in [0.25, 0.3) is 0 Å². The number of hydrogen-bond acceptors (Lipinski definition) is 15. The third-order valence-electron chi connectivity index (χ3n) is 20.7. The molecule has 0 aliphatic heterocycles. The quantitative estimate of drug-likeness (QED) is 0.0222. The molecule has 0 radical (unpaired) electrons. The molecule has 3 N–H and O–H groups in total. The monoisotopic (exact) mass is 1550 g/mol. The molecule has 3 unspecified atom stereocenters. The summed E-state index contributed by atoms with van der Waals surface area (Å²) in [5.41, 5.74) is 0. The van der Waals surface area contributed by atoms with Crippen molar-refractivity contribution in [2.75, 3.05) is 39.6 Å². The Kier molecular flexibility index (Phi) is 74.3. The molecule has 0 rings (SSSR count). The topological polar surface area (TPSA) is 237 Å². The van der Waals surface area contributed by atoms with Gasteiger partial charge in [0.2, 0.25) is 0 Å². The second kappa shape index (κ2) is 75.7. The highest BCUT2D eigenvalue weighted by Crippen LogP contribution is 2.45. The fourth-order valence-electron chi connectivity index (χ4n) is 13.5. The molecule has 19 heteroatoms. The van der Waals surface area contributed by atoms with Gasteiger partial charge in [0.05, 0.1) is 26.4 Å². The molecule has 0 saturated carbocycles. The van der Waals surface area contributed by atoms with Crippen LogP contribution in [0, 0.1) is 23.7 Å². The van der Waals surface area contributed by atoms with E-state index >= 15 is 0 Å². The summed E-state index contributed by atoms with van der Waals surface area (Å²) in [4.78, 5) is 73.3. The Morgan fingerprint density at radius 1 is 0.264 bits per heavy atom. The van der Waals surface area contributed by atoms with Gasteiger partial charge in [0, 0.05) is 25.7 Å². The maximum absolute atomic E-state index is 13.2. The molecule has 0 amide bonds. The Hall–Kier alpha value is -1.94. The second-order valence-electron chi connectivity index (χ2n) is 33.0. The highest BCUT2D eigenvalue weighted by molar-refractivity contribution is 7.47. The first-order valence-corrected chi connectivity index (χ1v) is 47.7. The Labute approximate surface area is 651 Å². The molecular formula is C87H170O17P2. The van der Waals surface area contributed by atoms with Gasteiger partial charge in [-0.05, 0) is 49.4 Å². The third-order valence-corrected chi connectivity index (χ3v) is 22.6. The van der Waals surface area contributed by atoms with E-state index in [2.05, 4.69) is 55.4 Å². The van der Waals surface area contributed by atoms with Crippen LogP contribution in [-0.4, -0.2) is 96.7 Å². The first-order valence-electron chi connectivity index (χ1n) is 44.7. The van der Waals surface area contributed by atoms with Crippen molar-refractivity contribution >= 4 is 39.5 Å². The Balaban J connectivity index is 5.23. The fraction of sp³-hybridized carbons (Fsp3) is 0.954. The van der Waals surface area contributed by atoms with Crippen molar-refractivity contribution < 1.29 is 80.2 Å². The Bertz CT molecular complexity index is 2060. The standard InChI is InChI=1S/C87H170O17P2/c1-9-80(8)66-58-50-45-46-52-60-68-85(90)98-74-83(104-87(92)70-62-54-44-38-32-26-19-13-11-16-22-28-34-40-48-56-64-78(4)5)76-102-106(95,96)100-72-81(88)71-99-105(93,94)101-75-82(73-97-84(89)67-59-51-42-36-30-24-20-14-17-23-29-35-41-49-57-65-79(6)7)103-86(91)69-61-53-43-37-31-25-18-12-10-15-21-27-33-39-47-55-63-77(2)3/h77-83,88H,9-76H2,1-8H3,(H,93,94)(H,95,96)/t80?,81-,82-,83-/m1/s1. The number of carbonyl (C=O) groups is 4. The molecule has 0 aromatic rings. The summed E-state index contributed by atoms with van der Waals surface area (Å²) in [6, 6.07) is 0. The number of carbonyl (C=O) groups excluding carboxylic acids is 4. The van der Waals surface area contributed by atoms with E-state index in [1.807, 2.05) is 0 Å². The molecule has 0 saturated heterocycles. The number of esters is 4. The summed E-state index contributed by atoms with van der Waals surface area (Å²) < 4.78 is 68.9. The lowest BCUT2D eigenvalue weighted by atomic mass is 10.00. The molecule has 0 aromatic carbocycles. The zero-order chi connectivity index (χ0) is 78.1. The van der Waals surface area contributed by atoms with Crippen LogP contribution in [0.2, 0.25) is 0 Å². The van der Waals surface area contributed by atoms with Gasteiger partial charge in [-0.2, -0.15) is 0 Å². The second-order valence-corrected chi connectivity index (χ2v) is 35.9. The number of phosphoric acid groups is 2. The number of hydrogen-bond donors (Lipinski definition) is 3. The van der Waals surface area contributed by atoms with Crippen molar-refractivity contribution in [3.8, 4) is 0 Å². The third kappa shape index (κ3) is 78.7. The Morgan fingerprint density at radius 3 is 0.670 bits per heavy atom. The van der Waals surface area contributed by atoms with Crippen LogP contribution in [0.4, 0.5) is 0 Å². The number of aliphatic hydroxyl groups is 1. The molecule has 106 heavy (non-hydrogen) atoms. The van der Waals surface area contributed by atoms with E-state index in [4.69, 9.17) is 37.0 Å². The van der Waals surface area contributed by atoms with E-state index in [0.29, 0.717) is 25.7 Å². The minimum Gasteiger partial charge on any atom is -0.462 e. The summed E-state index contributed by atoms with van der Waals surface area (Å²) in [6.07, 6.45) is 65.3. The lowest BCUT2D eigenvalue weighted by Crippen LogP contribution is -2.30. The zero-order valence-electron chi connectivity index (χ0n) is 70.1. The average molecular weight is 1550 g/mol. The molecule has 0 aromatic heterocycles. The molecule has 0 aliphatic rings. The fourth-order valence-corrected chi connectivity index (χ4v) is 15.0. The lowest BCUT2D eigenvalue weighted by Gasteiger charge is -2.21. The van der Waals surface area contributed by atoms with Crippen LogP contribution < -0.4 is 0 Å². The molecule has 0 spiro atoms. The van der Waals surface area contributed by atoms with Gasteiger partial charge in [0.1, 0.15) is 19.3 Å². The normalized spacial score (nSPS) is 14.2. The van der Waals surface area contributed by atoms with Crippen molar-refractivity contribution in [3.05, 3.63) is 0 Å². The highest BCUT2D eigenvalue weighted by atomic mass is 31.2. The largest absolute Gasteiger partial charge is 0.472 e. The van der Waals surface area contributed by atoms with E-state index in [9.17, 15) is 43.2 Å². The van der Waals surface area contributed by atoms with Gasteiger partial charge in [-0.3, -0.25) is 37.3 Å². The molecule has 6 atom stereocenters. The minimum atomic E-state index is -4.97. The summed E-state index contributed by atoms with van der Waals surface area (Å²) in [5, 5.41) is 10.7. The van der Waals surface area contributed by atoms with Crippen molar-refractivity contribution in [2.45, 2.75) is 472 Å². The van der Waals surface area contributed by atoms with Crippen LogP contribution in [-0.2, 0) is 65.4 Å². The number of phosphoric ester groups is 2. The average Bonchev–Trinajstić information content (AvgIpc) is 0.900. The van der Waals surface area contributed by atoms with Crippen molar-refractivity contribution in [1.29, 1.82) is 0 Å². The van der Waals surface area contributed by atoms with Crippen LogP contribution in [0.1, 0.15) is 453 Å². The van der Waals surface area contributed by atoms with Crippen molar-refractivity contribution in [3.63, 3.8) is 0 Å². The maximum Gasteiger partial charge on any atom is 0.472 e. The van der Waals surface area contributed by atoms with Gasteiger partial charge in [-0.1, -0.05) is 402 Å². The predicted molar refractivity (Wildman–Crippen MR) is 437 cm³/mol. The van der Waals surface area contributed by atoms with E-state index in [-0.39, 0.29) is 25.7 Å². The van der Waals surface area contributed by atoms with E-state index in [1.165, 1.54) is 250 Å². The summed E-state index contributed by atoms with van der Waals surface area (Å²) in [7, 11) is -9.93. The molecule has 0 heterocycles. The van der Waals surface area contributed by atoms with Gasteiger partial charge in [-0.15, -0.1) is 0 Å². The molecule has 17 nitrogen and oxygen atoms in total. The first kappa shape index (κ1) is 104. The van der Waals surface area contributed by atoms with Gasteiger partial charge in [-0.25, -0.2) is 9.13 Å². The lowest BCUT2D eigenvalue weighted by molar-refractivity contribution is -0.161. The number of unbranched alkanes of at least 4 members (excludes halogenated alkanes) is 49. The van der Waals surface area contributed by atoms with Crippen LogP contribution >= 0.6 is 15.6 Å². The number of rotatable bonds is 84. The molecular weight excluding hydrogens is 1380 g/mol. The van der Waals surface area contributed by atoms with E-state index in [1.54, 1.807) is 0 Å². The zero-order valence-corrected chi connectivity index (χ0v) is 71.9. The first-order chi connectivity index (χ1) is 51.1. The number of ether oxygens (including phenoxy) is 4. The van der Waals surface area contributed by atoms with Crippen LogP contribution in [0.15, 0.2) is 0 Å². The predicted octanol–water partition coefficient (Wildman–Crippen LogP) is 26.3. The Morgan fingerprint density at radius 2 is 0.453 bits per heavy atom. The SMILES string of the molecule is CCC(C)CCCCCCCCC(=O)OC[C@H](COP(=O)(O)OC[C@H](O)COP(=O)(O)OC[C@@H](COC(=O)CCCCCCCCCCCCCCCCCC(C)C)OC(=O)CCCCCCCCCCCCCCCCCCC(C)C)OC(=O)CCCCCCCCCCCCCCCCCCC(C)C. The summed E-state index contributed by atoms with van der Waals surface area (Å²) in [5.74, 6) is 1.05. The van der Waals surface area contributed by atoms with Crippen LogP contribution in [0.25, 0.3) is 0 Å². The van der Waals surface area contributed by atoms with Crippen molar-refractivity contribution in [1.82, 2.24) is 0 Å². The van der Waals surface area contributed by atoms with E-state index in [0.717, 1.165) is 120 Å². The molecule has 0 fully saturated rings. The summed E-state index contributed by atoms with van der Waals surface area (Å²) >= 11 is 0. The minimum absolute atomic E-state index is 0.107.